The molecule has 0 atom stereocenters. The van der Waals surface area contributed by atoms with Gasteiger partial charge in [0.1, 0.15) is 0 Å². The van der Waals surface area contributed by atoms with Crippen LogP contribution >= 0.6 is 0 Å². The highest BCUT2D eigenvalue weighted by atomic mass is 16.5. The molecule has 0 aliphatic rings. The Labute approximate surface area is 83.9 Å². The molecule has 2 heteroatoms. The largest absolute Gasteiger partial charge is 0.356 e. The predicted molar refractivity (Wildman–Crippen MR) is 57.4 cm³/mol. The first-order valence-corrected chi connectivity index (χ1v) is 5.22. The van der Waals surface area contributed by atoms with Gasteiger partial charge in [0.05, 0.1) is 5.69 Å². The summed E-state index contributed by atoms with van der Waals surface area (Å²) in [6.07, 6.45) is 3.24. The van der Waals surface area contributed by atoms with E-state index in [-0.39, 0.29) is 0 Å². The van der Waals surface area contributed by atoms with Crippen LogP contribution in [0, 0.1) is 0 Å². The highest BCUT2D eigenvalue weighted by molar-refractivity contribution is 5.80. The molecule has 0 bridgehead atoms. The number of nitrogens with zero attached hydrogens (tertiary/aromatic N) is 1. The molecule has 0 aliphatic carbocycles. The van der Waals surface area contributed by atoms with Gasteiger partial charge in [0.15, 0.2) is 5.58 Å². The van der Waals surface area contributed by atoms with Gasteiger partial charge in [-0.2, -0.15) is 0 Å². The molecule has 0 amide bonds. The summed E-state index contributed by atoms with van der Waals surface area (Å²) in [5.41, 5.74) is 3.34. The van der Waals surface area contributed by atoms with Gasteiger partial charge in [0, 0.05) is 5.39 Å². The van der Waals surface area contributed by atoms with Gasteiger partial charge in [0.25, 0.3) is 0 Å². The topological polar surface area (TPSA) is 26.0 Å². The summed E-state index contributed by atoms with van der Waals surface area (Å²) in [4.78, 5) is 0. The summed E-state index contributed by atoms with van der Waals surface area (Å²) < 4.78 is 5.22. The van der Waals surface area contributed by atoms with Gasteiger partial charge in [-0.15, -0.1) is 0 Å². The van der Waals surface area contributed by atoms with Crippen molar-refractivity contribution < 1.29 is 4.52 Å². The summed E-state index contributed by atoms with van der Waals surface area (Å²) in [5.74, 6) is 0. The third-order valence-corrected chi connectivity index (χ3v) is 2.48. The van der Waals surface area contributed by atoms with E-state index in [1.54, 1.807) is 0 Å². The van der Waals surface area contributed by atoms with Crippen LogP contribution in [0.2, 0.25) is 0 Å². The molecule has 2 aromatic rings. The first-order valence-electron chi connectivity index (χ1n) is 5.22. The van der Waals surface area contributed by atoms with Crippen LogP contribution in [0.4, 0.5) is 0 Å². The molecule has 0 unspecified atom stereocenters. The van der Waals surface area contributed by atoms with E-state index in [1.807, 2.05) is 6.07 Å². The number of rotatable bonds is 3. The monoisotopic (exact) mass is 189 g/mol. The van der Waals surface area contributed by atoms with E-state index in [0.717, 1.165) is 24.1 Å². The average molecular weight is 189 g/mol. The molecule has 0 spiro atoms. The summed E-state index contributed by atoms with van der Waals surface area (Å²) in [6.45, 7) is 4.29. The number of hydrogen-bond donors (Lipinski definition) is 0. The molecular weight excluding hydrogens is 174 g/mol. The summed E-state index contributed by atoms with van der Waals surface area (Å²) >= 11 is 0. The Hall–Kier alpha value is -1.31. The molecule has 74 valence electrons. The Morgan fingerprint density at radius 1 is 1.29 bits per heavy atom. The van der Waals surface area contributed by atoms with Crippen LogP contribution in [0.1, 0.15) is 31.5 Å². The number of fused-ring (bicyclic) bond motifs is 1. The van der Waals surface area contributed by atoms with Gasteiger partial charge in [-0.25, -0.2) is 0 Å². The molecule has 0 radical (unpaired) electrons. The number of hydrogen-bond acceptors (Lipinski definition) is 2. The Morgan fingerprint density at radius 2 is 2.14 bits per heavy atom. The standard InChI is InChI=1S/C12H15NO/c1-3-5-9-6-7-12-10(8-9)11(4-2)13-14-12/h6-8H,3-5H2,1-2H3. The lowest BCUT2D eigenvalue weighted by molar-refractivity contribution is 0.447. The minimum absolute atomic E-state index is 0.904. The first kappa shape index (κ1) is 9.25. The highest BCUT2D eigenvalue weighted by Crippen LogP contribution is 2.20. The fraction of sp³-hybridized carbons (Fsp3) is 0.417. The highest BCUT2D eigenvalue weighted by Gasteiger charge is 2.06. The zero-order valence-electron chi connectivity index (χ0n) is 8.71. The van der Waals surface area contributed by atoms with Crippen LogP contribution in [0.15, 0.2) is 22.7 Å². The van der Waals surface area contributed by atoms with Gasteiger partial charge in [-0.05, 0) is 30.5 Å². The molecule has 1 heterocycles. The molecule has 14 heavy (non-hydrogen) atoms. The van der Waals surface area contributed by atoms with Crippen molar-refractivity contribution in [2.24, 2.45) is 0 Å². The Morgan fingerprint density at radius 3 is 2.86 bits per heavy atom. The molecule has 0 fully saturated rings. The SMILES string of the molecule is CCCc1ccc2onc(CC)c2c1. The second-order valence-corrected chi connectivity index (χ2v) is 3.56. The normalized spacial score (nSPS) is 11.0. The third kappa shape index (κ3) is 1.52. The van der Waals surface area contributed by atoms with E-state index >= 15 is 0 Å². The molecular formula is C12H15NO. The van der Waals surface area contributed by atoms with Crippen molar-refractivity contribution in [3.8, 4) is 0 Å². The van der Waals surface area contributed by atoms with Crippen LogP contribution in [0.5, 0.6) is 0 Å². The molecule has 0 saturated heterocycles. The van der Waals surface area contributed by atoms with Gasteiger partial charge >= 0.3 is 0 Å². The second-order valence-electron chi connectivity index (χ2n) is 3.56. The van der Waals surface area contributed by atoms with Crippen LogP contribution < -0.4 is 0 Å². The average Bonchev–Trinajstić information content (AvgIpc) is 2.60. The minimum Gasteiger partial charge on any atom is -0.356 e. The van der Waals surface area contributed by atoms with Crippen molar-refractivity contribution in [2.75, 3.05) is 0 Å². The molecule has 0 N–H and O–H groups in total. The van der Waals surface area contributed by atoms with E-state index < -0.39 is 0 Å². The van der Waals surface area contributed by atoms with E-state index in [2.05, 4.69) is 31.1 Å². The second kappa shape index (κ2) is 3.82. The maximum atomic E-state index is 5.22. The third-order valence-electron chi connectivity index (χ3n) is 2.48. The Bertz CT molecular complexity index is 431. The predicted octanol–water partition coefficient (Wildman–Crippen LogP) is 3.34. The fourth-order valence-corrected chi connectivity index (χ4v) is 1.73. The zero-order chi connectivity index (χ0) is 9.97. The van der Waals surface area contributed by atoms with Crippen molar-refractivity contribution >= 4 is 11.0 Å². The van der Waals surface area contributed by atoms with E-state index in [9.17, 15) is 0 Å². The fourth-order valence-electron chi connectivity index (χ4n) is 1.73. The molecule has 0 saturated carbocycles. The Kier molecular flexibility index (Phi) is 2.53. The Balaban J connectivity index is 2.50. The van der Waals surface area contributed by atoms with Crippen LogP contribution in [-0.2, 0) is 12.8 Å². The number of benzene rings is 1. The zero-order valence-corrected chi connectivity index (χ0v) is 8.71. The van der Waals surface area contributed by atoms with Crippen LogP contribution in [0.3, 0.4) is 0 Å². The molecule has 2 nitrogen and oxygen atoms in total. The quantitative estimate of drug-likeness (QED) is 0.740. The van der Waals surface area contributed by atoms with E-state index in [1.165, 1.54) is 17.4 Å². The lowest BCUT2D eigenvalue weighted by Gasteiger charge is -1.97. The van der Waals surface area contributed by atoms with Gasteiger partial charge < -0.3 is 4.52 Å². The summed E-state index contributed by atoms with van der Waals surface area (Å²) in [6, 6.07) is 6.34. The summed E-state index contributed by atoms with van der Waals surface area (Å²) in [5, 5.41) is 5.22. The van der Waals surface area contributed by atoms with Crippen molar-refractivity contribution in [1.29, 1.82) is 0 Å². The van der Waals surface area contributed by atoms with Crippen molar-refractivity contribution in [3.05, 3.63) is 29.5 Å². The van der Waals surface area contributed by atoms with Gasteiger partial charge in [-0.3, -0.25) is 0 Å². The molecule has 2 rings (SSSR count). The lowest BCUT2D eigenvalue weighted by atomic mass is 10.1. The van der Waals surface area contributed by atoms with Crippen LogP contribution in [-0.4, -0.2) is 5.16 Å². The van der Waals surface area contributed by atoms with Crippen molar-refractivity contribution in [3.63, 3.8) is 0 Å². The number of aryl methyl sites for hydroxylation is 2. The van der Waals surface area contributed by atoms with Crippen molar-refractivity contribution in [1.82, 2.24) is 5.16 Å². The maximum Gasteiger partial charge on any atom is 0.167 e. The number of aromatic nitrogens is 1. The summed E-state index contributed by atoms with van der Waals surface area (Å²) in [7, 11) is 0. The molecule has 1 aromatic carbocycles. The minimum atomic E-state index is 0.904. The maximum absolute atomic E-state index is 5.22. The molecule has 0 aliphatic heterocycles. The van der Waals surface area contributed by atoms with E-state index in [4.69, 9.17) is 4.52 Å². The molecule has 1 aromatic heterocycles. The van der Waals surface area contributed by atoms with E-state index in [0.29, 0.717) is 0 Å². The van der Waals surface area contributed by atoms with Gasteiger partial charge in [0.2, 0.25) is 0 Å². The van der Waals surface area contributed by atoms with Crippen molar-refractivity contribution in [2.45, 2.75) is 33.1 Å². The smallest absolute Gasteiger partial charge is 0.167 e. The van der Waals surface area contributed by atoms with Crippen LogP contribution in [0.25, 0.3) is 11.0 Å². The lowest BCUT2D eigenvalue weighted by Crippen LogP contribution is -1.84. The first-order chi connectivity index (χ1) is 6.85. The van der Waals surface area contributed by atoms with Gasteiger partial charge in [-0.1, -0.05) is 31.5 Å².